The van der Waals surface area contributed by atoms with Crippen molar-refractivity contribution < 1.29 is 18.3 Å². The van der Waals surface area contributed by atoms with Crippen LogP contribution in [-0.2, 0) is 6.18 Å². The first-order chi connectivity index (χ1) is 8.79. The molecule has 7 heteroatoms. The van der Waals surface area contributed by atoms with Crippen molar-refractivity contribution >= 4 is 11.6 Å². The molecule has 1 aromatic rings. The SMILES string of the molecule is N[C@H]1C[C@@H](c2ccc(Cl)c(C(F)(F)F)n2)CC[C@@H]1O. The smallest absolute Gasteiger partial charge is 0.392 e. The molecule has 0 bridgehead atoms. The van der Waals surface area contributed by atoms with Crippen LogP contribution in [0.5, 0.6) is 0 Å². The molecule has 1 aliphatic rings. The Balaban J connectivity index is 2.27. The lowest BCUT2D eigenvalue weighted by Gasteiger charge is -2.30. The van der Waals surface area contributed by atoms with E-state index in [0.29, 0.717) is 25.0 Å². The Hall–Kier alpha value is -0.850. The van der Waals surface area contributed by atoms with Gasteiger partial charge in [-0.1, -0.05) is 11.6 Å². The maximum atomic E-state index is 12.7. The summed E-state index contributed by atoms with van der Waals surface area (Å²) in [5, 5.41) is 9.12. The summed E-state index contributed by atoms with van der Waals surface area (Å²) in [4.78, 5) is 3.63. The van der Waals surface area contributed by atoms with Gasteiger partial charge in [0, 0.05) is 17.7 Å². The minimum atomic E-state index is -4.57. The lowest BCUT2D eigenvalue weighted by molar-refractivity contribution is -0.141. The standard InChI is InChI=1S/C12H14ClF3N2O/c13-7-2-3-9(18-11(7)12(14,15)16)6-1-4-10(19)8(17)5-6/h2-3,6,8,10,19H,1,4-5,17H2/t6-,8-,10-/m0/s1. The highest BCUT2D eigenvalue weighted by molar-refractivity contribution is 6.31. The van der Waals surface area contributed by atoms with E-state index in [4.69, 9.17) is 17.3 Å². The number of hydrogen-bond donors (Lipinski definition) is 2. The second-order valence-corrected chi connectivity index (χ2v) is 5.21. The Labute approximate surface area is 113 Å². The molecule has 1 heterocycles. The predicted octanol–water partition coefficient (Wildman–Crippen LogP) is 2.71. The number of rotatable bonds is 1. The van der Waals surface area contributed by atoms with E-state index in [0.717, 1.165) is 0 Å². The zero-order chi connectivity index (χ0) is 14.2. The minimum Gasteiger partial charge on any atom is -0.392 e. The fourth-order valence-corrected chi connectivity index (χ4v) is 2.55. The molecule has 0 aromatic carbocycles. The highest BCUT2D eigenvalue weighted by Crippen LogP contribution is 2.37. The quantitative estimate of drug-likeness (QED) is 0.837. The summed E-state index contributed by atoms with van der Waals surface area (Å²) in [6.07, 6.45) is -3.69. The van der Waals surface area contributed by atoms with Gasteiger partial charge in [-0.15, -0.1) is 0 Å². The van der Waals surface area contributed by atoms with Crippen molar-refractivity contribution in [2.45, 2.75) is 43.5 Å². The van der Waals surface area contributed by atoms with E-state index in [1.807, 2.05) is 0 Å². The topological polar surface area (TPSA) is 59.1 Å². The van der Waals surface area contributed by atoms with E-state index in [-0.39, 0.29) is 5.92 Å². The van der Waals surface area contributed by atoms with Crippen molar-refractivity contribution in [3.63, 3.8) is 0 Å². The van der Waals surface area contributed by atoms with Gasteiger partial charge in [0.25, 0.3) is 0 Å². The first kappa shape index (κ1) is 14.6. The number of pyridine rings is 1. The number of nitrogens with zero attached hydrogens (tertiary/aromatic N) is 1. The lowest BCUT2D eigenvalue weighted by Crippen LogP contribution is -2.40. The molecule has 0 unspecified atom stereocenters. The summed E-state index contributed by atoms with van der Waals surface area (Å²) in [5.74, 6) is -0.170. The maximum Gasteiger partial charge on any atom is 0.434 e. The van der Waals surface area contributed by atoms with Crippen LogP contribution in [0.4, 0.5) is 13.2 Å². The molecule has 1 aromatic heterocycles. The molecule has 19 heavy (non-hydrogen) atoms. The second kappa shape index (κ2) is 5.26. The zero-order valence-corrected chi connectivity index (χ0v) is 10.7. The second-order valence-electron chi connectivity index (χ2n) is 4.81. The highest BCUT2D eigenvalue weighted by Gasteiger charge is 2.36. The van der Waals surface area contributed by atoms with Crippen LogP contribution in [0.3, 0.4) is 0 Å². The first-order valence-electron chi connectivity index (χ1n) is 5.96. The number of alkyl halides is 3. The molecular formula is C12H14ClF3N2O. The monoisotopic (exact) mass is 294 g/mol. The van der Waals surface area contributed by atoms with Crippen molar-refractivity contribution in [2.75, 3.05) is 0 Å². The predicted molar refractivity (Wildman–Crippen MR) is 64.8 cm³/mol. The Morgan fingerprint density at radius 3 is 2.58 bits per heavy atom. The Morgan fingerprint density at radius 2 is 2.00 bits per heavy atom. The van der Waals surface area contributed by atoms with Gasteiger partial charge in [0.05, 0.1) is 11.1 Å². The van der Waals surface area contributed by atoms with E-state index in [1.165, 1.54) is 12.1 Å². The number of hydrogen-bond acceptors (Lipinski definition) is 3. The third-order valence-electron chi connectivity index (χ3n) is 3.42. The van der Waals surface area contributed by atoms with Crippen LogP contribution < -0.4 is 5.73 Å². The summed E-state index contributed by atoms with van der Waals surface area (Å²) < 4.78 is 38.2. The average molecular weight is 295 g/mol. The Kier molecular flexibility index (Phi) is 4.03. The molecule has 1 saturated carbocycles. The lowest BCUT2D eigenvalue weighted by atomic mass is 9.82. The van der Waals surface area contributed by atoms with Gasteiger partial charge in [-0.05, 0) is 31.4 Å². The molecule has 106 valence electrons. The molecule has 3 N–H and O–H groups in total. The third kappa shape index (κ3) is 3.19. The van der Waals surface area contributed by atoms with Crippen LogP contribution in [-0.4, -0.2) is 22.2 Å². The van der Waals surface area contributed by atoms with Gasteiger partial charge < -0.3 is 10.8 Å². The van der Waals surface area contributed by atoms with Gasteiger partial charge in [0.1, 0.15) is 0 Å². The summed E-state index contributed by atoms with van der Waals surface area (Å²) in [7, 11) is 0. The molecule has 3 atom stereocenters. The van der Waals surface area contributed by atoms with E-state index in [1.54, 1.807) is 0 Å². The maximum absolute atomic E-state index is 12.7. The van der Waals surface area contributed by atoms with Crippen LogP contribution in [0.15, 0.2) is 12.1 Å². The Morgan fingerprint density at radius 1 is 1.32 bits per heavy atom. The number of aliphatic hydroxyl groups is 1. The molecular weight excluding hydrogens is 281 g/mol. The number of nitrogens with two attached hydrogens (primary N) is 1. The van der Waals surface area contributed by atoms with Crippen molar-refractivity contribution in [1.82, 2.24) is 4.98 Å². The molecule has 0 saturated heterocycles. The zero-order valence-electron chi connectivity index (χ0n) is 9.99. The molecule has 3 nitrogen and oxygen atoms in total. The van der Waals surface area contributed by atoms with Gasteiger partial charge in [0.2, 0.25) is 0 Å². The van der Waals surface area contributed by atoms with Crippen molar-refractivity contribution in [1.29, 1.82) is 0 Å². The molecule has 0 spiro atoms. The van der Waals surface area contributed by atoms with Gasteiger partial charge in [-0.3, -0.25) is 0 Å². The van der Waals surface area contributed by atoms with Crippen LogP contribution in [0.1, 0.15) is 36.6 Å². The normalized spacial score (nSPS) is 28.4. The molecule has 2 rings (SSSR count). The molecule has 0 radical (unpaired) electrons. The number of halogens is 4. The summed E-state index contributed by atoms with van der Waals surface area (Å²) in [5.41, 5.74) is 5.00. The van der Waals surface area contributed by atoms with Gasteiger partial charge in [0.15, 0.2) is 5.69 Å². The van der Waals surface area contributed by atoms with Crippen molar-refractivity contribution in [3.05, 3.63) is 28.5 Å². The minimum absolute atomic E-state index is 0.170. The van der Waals surface area contributed by atoms with Gasteiger partial charge in [-0.25, -0.2) is 4.98 Å². The summed E-state index contributed by atoms with van der Waals surface area (Å²) >= 11 is 5.52. The highest BCUT2D eigenvalue weighted by atomic mass is 35.5. The van der Waals surface area contributed by atoms with E-state index in [2.05, 4.69) is 4.98 Å². The van der Waals surface area contributed by atoms with E-state index in [9.17, 15) is 18.3 Å². The molecule has 0 amide bonds. The first-order valence-corrected chi connectivity index (χ1v) is 6.34. The largest absolute Gasteiger partial charge is 0.434 e. The van der Waals surface area contributed by atoms with E-state index < -0.39 is 29.0 Å². The van der Waals surface area contributed by atoms with Crippen LogP contribution in [0.25, 0.3) is 0 Å². The fraction of sp³-hybridized carbons (Fsp3) is 0.583. The molecule has 0 aliphatic heterocycles. The molecule has 1 aliphatic carbocycles. The summed E-state index contributed by atoms with van der Waals surface area (Å²) in [6.45, 7) is 0. The van der Waals surface area contributed by atoms with Crippen molar-refractivity contribution in [2.24, 2.45) is 5.73 Å². The van der Waals surface area contributed by atoms with Crippen LogP contribution >= 0.6 is 11.6 Å². The number of aliphatic hydroxyl groups excluding tert-OH is 1. The fourth-order valence-electron chi connectivity index (χ4n) is 2.34. The van der Waals surface area contributed by atoms with Gasteiger partial charge >= 0.3 is 6.18 Å². The van der Waals surface area contributed by atoms with Crippen molar-refractivity contribution in [3.8, 4) is 0 Å². The van der Waals surface area contributed by atoms with Crippen LogP contribution in [0, 0.1) is 0 Å². The number of aromatic nitrogens is 1. The Bertz CT molecular complexity index is 467. The summed E-state index contributed by atoms with van der Waals surface area (Å²) in [6, 6.07) is 2.28. The van der Waals surface area contributed by atoms with E-state index >= 15 is 0 Å². The third-order valence-corrected chi connectivity index (χ3v) is 3.72. The van der Waals surface area contributed by atoms with Crippen LogP contribution in [0.2, 0.25) is 5.02 Å². The van der Waals surface area contributed by atoms with Gasteiger partial charge in [-0.2, -0.15) is 13.2 Å². The average Bonchev–Trinajstić information content (AvgIpc) is 2.32. The molecule has 1 fully saturated rings.